The van der Waals surface area contributed by atoms with Crippen LogP contribution in [0.25, 0.3) is 0 Å². The van der Waals surface area contributed by atoms with E-state index in [1.165, 1.54) is 6.42 Å². The van der Waals surface area contributed by atoms with Crippen LogP contribution < -0.4 is 16.4 Å². The Kier molecular flexibility index (Phi) is 6.24. The molecule has 0 spiro atoms. The third kappa shape index (κ3) is 4.41. The van der Waals surface area contributed by atoms with Crippen molar-refractivity contribution in [3.63, 3.8) is 0 Å². The van der Waals surface area contributed by atoms with Crippen LogP contribution >= 0.6 is 0 Å². The molecule has 2 heterocycles. The minimum absolute atomic E-state index is 0.178. The molecule has 2 aliphatic rings. The highest BCUT2D eigenvalue weighted by atomic mass is 16.2. The number of nitrogens with one attached hydrogen (secondary N) is 2. The molecule has 1 atom stereocenters. The zero-order chi connectivity index (χ0) is 18.5. The average Bonchev–Trinajstić information content (AvgIpc) is 3.04. The Morgan fingerprint density at radius 3 is 2.58 bits per heavy atom. The Hall–Kier alpha value is -1.96. The molecule has 1 saturated heterocycles. The van der Waals surface area contributed by atoms with E-state index in [9.17, 15) is 9.59 Å². The fraction of sp³-hybridized carbons (Fsp3) is 0.778. The van der Waals surface area contributed by atoms with E-state index in [0.717, 1.165) is 57.3 Å². The lowest BCUT2D eigenvalue weighted by Crippen LogP contribution is -2.44. The summed E-state index contributed by atoms with van der Waals surface area (Å²) >= 11 is 0. The summed E-state index contributed by atoms with van der Waals surface area (Å²) in [6, 6.07) is 0.0637. The molecule has 1 unspecified atom stereocenters. The molecular formula is C18H30N6O2. The fourth-order valence-corrected chi connectivity index (χ4v) is 4.27. The van der Waals surface area contributed by atoms with Crippen molar-refractivity contribution in [3.8, 4) is 0 Å². The molecule has 3 rings (SSSR count). The van der Waals surface area contributed by atoms with Gasteiger partial charge >= 0.3 is 0 Å². The molecule has 144 valence electrons. The first-order chi connectivity index (χ1) is 12.6. The van der Waals surface area contributed by atoms with Crippen LogP contribution in [0.3, 0.4) is 0 Å². The first-order valence-corrected chi connectivity index (χ1v) is 9.78. The first kappa shape index (κ1) is 18.8. The van der Waals surface area contributed by atoms with E-state index < -0.39 is 0 Å². The van der Waals surface area contributed by atoms with E-state index in [2.05, 4.69) is 20.9 Å². The number of hydrogen-bond acceptors (Lipinski definition) is 5. The predicted octanol–water partition coefficient (Wildman–Crippen LogP) is 1.07. The maximum absolute atomic E-state index is 12.8. The van der Waals surface area contributed by atoms with Gasteiger partial charge in [-0.2, -0.15) is 0 Å². The number of nitrogens with zero attached hydrogens (tertiary/aromatic N) is 3. The Morgan fingerprint density at radius 2 is 1.92 bits per heavy atom. The van der Waals surface area contributed by atoms with Crippen molar-refractivity contribution in [1.29, 1.82) is 0 Å². The number of amides is 2. The standard InChI is InChI=1S/C18H30N6O2/c1-12-17(22-23-24(12)14-7-9-20-10-8-14)18(26)21-15(11-16(19)25)13-5-3-2-4-6-13/h13-15,20H,2-11H2,1H3,(H2,19,25)(H,21,26). The van der Waals surface area contributed by atoms with E-state index in [1.807, 2.05) is 11.6 Å². The summed E-state index contributed by atoms with van der Waals surface area (Å²) < 4.78 is 1.87. The summed E-state index contributed by atoms with van der Waals surface area (Å²) in [6.45, 7) is 3.79. The van der Waals surface area contributed by atoms with Crippen molar-refractivity contribution in [2.45, 2.75) is 70.4 Å². The zero-order valence-electron chi connectivity index (χ0n) is 15.5. The second kappa shape index (κ2) is 8.62. The number of carbonyl (C=O) groups is 2. The maximum Gasteiger partial charge on any atom is 0.273 e. The molecule has 1 aliphatic heterocycles. The molecule has 8 nitrogen and oxygen atoms in total. The molecule has 2 fully saturated rings. The van der Waals surface area contributed by atoms with E-state index in [-0.39, 0.29) is 30.3 Å². The van der Waals surface area contributed by atoms with E-state index in [0.29, 0.717) is 11.6 Å². The van der Waals surface area contributed by atoms with Crippen LogP contribution in [0.5, 0.6) is 0 Å². The topological polar surface area (TPSA) is 115 Å². The molecule has 0 aromatic carbocycles. The van der Waals surface area contributed by atoms with Crippen molar-refractivity contribution in [2.24, 2.45) is 11.7 Å². The lowest BCUT2D eigenvalue weighted by molar-refractivity contribution is -0.118. The molecule has 2 amide bonds. The van der Waals surface area contributed by atoms with Crippen LogP contribution in [0.4, 0.5) is 0 Å². The number of aromatic nitrogens is 3. The van der Waals surface area contributed by atoms with E-state index >= 15 is 0 Å². The molecule has 0 bridgehead atoms. The van der Waals surface area contributed by atoms with Gasteiger partial charge in [0.15, 0.2) is 5.69 Å². The number of rotatable bonds is 6. The molecule has 4 N–H and O–H groups in total. The minimum Gasteiger partial charge on any atom is -0.370 e. The smallest absolute Gasteiger partial charge is 0.273 e. The first-order valence-electron chi connectivity index (χ1n) is 9.78. The van der Waals surface area contributed by atoms with Crippen molar-refractivity contribution in [1.82, 2.24) is 25.6 Å². The number of nitrogens with two attached hydrogens (primary N) is 1. The second-order valence-electron chi connectivity index (χ2n) is 7.60. The number of primary amides is 1. The number of piperidine rings is 1. The SMILES string of the molecule is Cc1c(C(=O)NC(CC(N)=O)C2CCCCC2)nnn1C1CCNCC1. The highest BCUT2D eigenvalue weighted by Gasteiger charge is 2.29. The van der Waals surface area contributed by atoms with Gasteiger partial charge in [0.2, 0.25) is 5.91 Å². The molecule has 1 aromatic heterocycles. The number of carbonyl (C=O) groups excluding carboxylic acids is 2. The largest absolute Gasteiger partial charge is 0.370 e. The van der Waals surface area contributed by atoms with Crippen molar-refractivity contribution < 1.29 is 9.59 Å². The van der Waals surface area contributed by atoms with Crippen LogP contribution in [0.2, 0.25) is 0 Å². The van der Waals surface area contributed by atoms with Crippen LogP contribution in [0.15, 0.2) is 0 Å². The van der Waals surface area contributed by atoms with Crippen LogP contribution in [-0.2, 0) is 4.79 Å². The van der Waals surface area contributed by atoms with Crippen molar-refractivity contribution in [2.75, 3.05) is 13.1 Å². The highest BCUT2D eigenvalue weighted by molar-refractivity contribution is 5.93. The van der Waals surface area contributed by atoms with Gasteiger partial charge in [-0.1, -0.05) is 24.5 Å². The third-order valence-electron chi connectivity index (χ3n) is 5.75. The van der Waals surface area contributed by atoms with Gasteiger partial charge in [0.05, 0.1) is 11.7 Å². The quantitative estimate of drug-likeness (QED) is 0.700. The molecule has 8 heteroatoms. The molecular weight excluding hydrogens is 332 g/mol. The van der Waals surface area contributed by atoms with Crippen LogP contribution in [0.1, 0.15) is 73.6 Å². The van der Waals surface area contributed by atoms with Crippen molar-refractivity contribution in [3.05, 3.63) is 11.4 Å². The Balaban J connectivity index is 1.70. The van der Waals surface area contributed by atoms with Gasteiger partial charge in [-0.25, -0.2) is 4.68 Å². The monoisotopic (exact) mass is 362 g/mol. The van der Waals surface area contributed by atoms with E-state index in [4.69, 9.17) is 5.73 Å². The molecule has 0 radical (unpaired) electrons. The lowest BCUT2D eigenvalue weighted by Gasteiger charge is -2.30. The summed E-state index contributed by atoms with van der Waals surface area (Å²) in [4.78, 5) is 24.3. The van der Waals surface area contributed by atoms with Gasteiger partial charge in [0, 0.05) is 12.5 Å². The maximum atomic E-state index is 12.8. The summed E-state index contributed by atoms with van der Waals surface area (Å²) in [5, 5.41) is 14.7. The summed E-state index contributed by atoms with van der Waals surface area (Å²) in [7, 11) is 0. The van der Waals surface area contributed by atoms with Gasteiger partial charge < -0.3 is 16.4 Å². The van der Waals surface area contributed by atoms with E-state index in [1.54, 1.807) is 0 Å². The zero-order valence-corrected chi connectivity index (χ0v) is 15.5. The van der Waals surface area contributed by atoms with Gasteiger partial charge in [-0.05, 0) is 51.6 Å². The summed E-state index contributed by atoms with van der Waals surface area (Å²) in [6.07, 6.45) is 7.70. The van der Waals surface area contributed by atoms with Gasteiger partial charge in [-0.3, -0.25) is 9.59 Å². The van der Waals surface area contributed by atoms with Gasteiger partial charge in [-0.15, -0.1) is 5.10 Å². The predicted molar refractivity (Wildman–Crippen MR) is 97.5 cm³/mol. The highest BCUT2D eigenvalue weighted by Crippen LogP contribution is 2.28. The average molecular weight is 362 g/mol. The summed E-state index contributed by atoms with van der Waals surface area (Å²) in [5.74, 6) is -0.324. The van der Waals surface area contributed by atoms with Crippen molar-refractivity contribution >= 4 is 11.8 Å². The third-order valence-corrected chi connectivity index (χ3v) is 5.75. The Morgan fingerprint density at radius 1 is 1.23 bits per heavy atom. The van der Waals surface area contributed by atoms with Gasteiger partial charge in [0.25, 0.3) is 5.91 Å². The molecule has 26 heavy (non-hydrogen) atoms. The lowest BCUT2D eigenvalue weighted by atomic mass is 9.82. The molecule has 1 aliphatic carbocycles. The minimum atomic E-state index is -0.379. The fourth-order valence-electron chi connectivity index (χ4n) is 4.27. The molecule has 1 saturated carbocycles. The normalized spacial score (nSPS) is 20.7. The second-order valence-corrected chi connectivity index (χ2v) is 7.60. The number of hydrogen-bond donors (Lipinski definition) is 3. The Labute approximate surface area is 154 Å². The Bertz CT molecular complexity index is 632. The molecule has 1 aromatic rings. The van der Waals surface area contributed by atoms with Gasteiger partial charge in [0.1, 0.15) is 0 Å². The van der Waals surface area contributed by atoms with Crippen LogP contribution in [-0.4, -0.2) is 45.9 Å². The summed E-state index contributed by atoms with van der Waals surface area (Å²) in [5.41, 5.74) is 6.56. The van der Waals surface area contributed by atoms with Crippen LogP contribution in [0, 0.1) is 12.8 Å².